The lowest BCUT2D eigenvalue weighted by Crippen LogP contribution is -2.52. The second-order valence-corrected chi connectivity index (χ2v) is 6.90. The molecule has 0 aromatic heterocycles. The Labute approximate surface area is 182 Å². The maximum Gasteiger partial charge on any atom is 0.408 e. The highest BCUT2D eigenvalue weighted by Gasteiger charge is 2.27. The van der Waals surface area contributed by atoms with Crippen LogP contribution in [0.2, 0.25) is 0 Å². The van der Waals surface area contributed by atoms with Crippen molar-refractivity contribution in [1.82, 2.24) is 10.6 Å². The molecule has 0 unspecified atom stereocenters. The summed E-state index contributed by atoms with van der Waals surface area (Å²) in [6.45, 7) is 3.71. The molecule has 2 aromatic rings. The van der Waals surface area contributed by atoms with Gasteiger partial charge in [0, 0.05) is 6.42 Å². The summed E-state index contributed by atoms with van der Waals surface area (Å²) in [5.74, 6) is -1.06. The van der Waals surface area contributed by atoms with E-state index in [-0.39, 0.29) is 13.0 Å². The third-order valence-electron chi connectivity index (χ3n) is 4.57. The smallest absolute Gasteiger partial charge is 0.408 e. The molecular formula is C24H28N2O5. The third-order valence-corrected chi connectivity index (χ3v) is 4.57. The van der Waals surface area contributed by atoms with Crippen LogP contribution in [0.5, 0.6) is 0 Å². The molecule has 164 valence electrons. The van der Waals surface area contributed by atoms with Gasteiger partial charge in [0.05, 0.1) is 7.11 Å². The Bertz CT molecular complexity index is 855. The summed E-state index contributed by atoms with van der Waals surface area (Å²) in [5.41, 5.74) is 1.68. The first-order valence-electron chi connectivity index (χ1n) is 10.0. The topological polar surface area (TPSA) is 93.7 Å². The second-order valence-electron chi connectivity index (χ2n) is 6.90. The zero-order valence-electron chi connectivity index (χ0n) is 17.6. The van der Waals surface area contributed by atoms with E-state index in [0.29, 0.717) is 12.8 Å². The van der Waals surface area contributed by atoms with E-state index in [1.807, 2.05) is 60.7 Å². The minimum atomic E-state index is -0.929. The van der Waals surface area contributed by atoms with E-state index >= 15 is 0 Å². The highest BCUT2D eigenvalue weighted by molar-refractivity contribution is 5.89. The first kappa shape index (κ1) is 23.7. The van der Waals surface area contributed by atoms with Gasteiger partial charge in [0.1, 0.15) is 18.7 Å². The van der Waals surface area contributed by atoms with Gasteiger partial charge in [-0.1, -0.05) is 66.7 Å². The maximum absolute atomic E-state index is 12.9. The number of amides is 2. The van der Waals surface area contributed by atoms with Crippen molar-refractivity contribution in [1.29, 1.82) is 0 Å². The second kappa shape index (κ2) is 12.8. The Kier molecular flexibility index (Phi) is 9.81. The van der Waals surface area contributed by atoms with E-state index in [2.05, 4.69) is 17.2 Å². The van der Waals surface area contributed by atoms with E-state index in [1.165, 1.54) is 7.11 Å². The van der Waals surface area contributed by atoms with Crippen molar-refractivity contribution in [3.05, 3.63) is 84.4 Å². The van der Waals surface area contributed by atoms with Gasteiger partial charge in [0.2, 0.25) is 5.91 Å². The minimum Gasteiger partial charge on any atom is -0.467 e. The van der Waals surface area contributed by atoms with Gasteiger partial charge in [-0.3, -0.25) is 4.79 Å². The number of rotatable bonds is 11. The number of nitrogens with one attached hydrogen (secondary N) is 2. The molecular weight excluding hydrogens is 396 g/mol. The van der Waals surface area contributed by atoms with Crippen LogP contribution in [0.1, 0.15) is 24.0 Å². The molecule has 0 radical (unpaired) electrons. The first-order chi connectivity index (χ1) is 15.0. The third kappa shape index (κ3) is 8.34. The van der Waals surface area contributed by atoms with Crippen molar-refractivity contribution in [2.45, 2.75) is 38.0 Å². The lowest BCUT2D eigenvalue weighted by atomic mass is 10.0. The molecule has 0 fully saturated rings. The zero-order chi connectivity index (χ0) is 22.5. The van der Waals surface area contributed by atoms with Crippen molar-refractivity contribution < 1.29 is 23.9 Å². The number of allylic oxidation sites excluding steroid dienone is 1. The largest absolute Gasteiger partial charge is 0.467 e. The van der Waals surface area contributed by atoms with Gasteiger partial charge in [0.25, 0.3) is 0 Å². The standard InChI is InChI=1S/C24H28N2O5/c1-3-4-15-20(23(28)30-2)25-22(27)21(16-18-11-7-5-8-12-18)26-24(29)31-17-19-13-9-6-10-14-19/h3,5-14,20-21H,1,4,15-17H2,2H3,(H,25,27)(H,26,29)/t20-,21+/m1/s1. The Balaban J connectivity index is 2.07. The molecule has 0 aliphatic carbocycles. The van der Waals surface area contributed by atoms with Crippen LogP contribution in [0.4, 0.5) is 4.79 Å². The molecule has 0 heterocycles. The van der Waals surface area contributed by atoms with Crippen molar-refractivity contribution in [3.63, 3.8) is 0 Å². The lowest BCUT2D eigenvalue weighted by Gasteiger charge is -2.22. The molecule has 0 aliphatic heterocycles. The average molecular weight is 424 g/mol. The molecule has 0 saturated heterocycles. The highest BCUT2D eigenvalue weighted by atomic mass is 16.5. The highest BCUT2D eigenvalue weighted by Crippen LogP contribution is 2.07. The maximum atomic E-state index is 12.9. The fraction of sp³-hybridized carbons (Fsp3) is 0.292. The van der Waals surface area contributed by atoms with E-state index < -0.39 is 30.1 Å². The summed E-state index contributed by atoms with van der Waals surface area (Å²) in [6.07, 6.45) is 2.04. The van der Waals surface area contributed by atoms with Crippen LogP contribution < -0.4 is 10.6 Å². The number of hydrogen-bond donors (Lipinski definition) is 2. The molecule has 0 spiro atoms. The fourth-order valence-corrected chi connectivity index (χ4v) is 2.91. The molecule has 2 N–H and O–H groups in total. The number of ether oxygens (including phenoxy) is 2. The molecule has 7 heteroatoms. The summed E-state index contributed by atoms with van der Waals surface area (Å²) in [5, 5.41) is 5.28. The van der Waals surface area contributed by atoms with Crippen LogP contribution in [0, 0.1) is 0 Å². The van der Waals surface area contributed by atoms with E-state index in [4.69, 9.17) is 9.47 Å². The van der Waals surface area contributed by atoms with E-state index in [9.17, 15) is 14.4 Å². The number of methoxy groups -OCH3 is 1. The molecule has 0 aliphatic rings. The Morgan fingerprint density at radius 1 is 0.935 bits per heavy atom. The van der Waals surface area contributed by atoms with E-state index in [1.54, 1.807) is 6.08 Å². The number of hydrogen-bond acceptors (Lipinski definition) is 5. The summed E-state index contributed by atoms with van der Waals surface area (Å²) >= 11 is 0. The number of benzene rings is 2. The molecule has 2 rings (SSSR count). The molecule has 0 saturated carbocycles. The van der Waals surface area contributed by atoms with Gasteiger partial charge in [-0.05, 0) is 24.0 Å². The number of carbonyl (C=O) groups excluding carboxylic acids is 3. The van der Waals surface area contributed by atoms with Crippen molar-refractivity contribution in [2.24, 2.45) is 0 Å². The van der Waals surface area contributed by atoms with Crippen molar-refractivity contribution in [2.75, 3.05) is 7.11 Å². The van der Waals surface area contributed by atoms with Crippen molar-refractivity contribution >= 4 is 18.0 Å². The Hall–Kier alpha value is -3.61. The normalized spacial score (nSPS) is 12.2. The predicted octanol–water partition coefficient (Wildman–Crippen LogP) is 3.15. The van der Waals surface area contributed by atoms with Gasteiger partial charge in [-0.15, -0.1) is 6.58 Å². The van der Waals surface area contributed by atoms with Crippen LogP contribution in [-0.2, 0) is 32.1 Å². The fourth-order valence-electron chi connectivity index (χ4n) is 2.91. The molecule has 2 aromatic carbocycles. The predicted molar refractivity (Wildman–Crippen MR) is 117 cm³/mol. The Morgan fingerprint density at radius 3 is 2.13 bits per heavy atom. The Morgan fingerprint density at radius 2 is 1.55 bits per heavy atom. The van der Waals surface area contributed by atoms with Crippen LogP contribution >= 0.6 is 0 Å². The van der Waals surface area contributed by atoms with Crippen LogP contribution in [0.25, 0.3) is 0 Å². The molecule has 31 heavy (non-hydrogen) atoms. The van der Waals surface area contributed by atoms with Gasteiger partial charge in [-0.25, -0.2) is 9.59 Å². The zero-order valence-corrected chi connectivity index (χ0v) is 17.6. The van der Waals surface area contributed by atoms with Gasteiger partial charge in [0.15, 0.2) is 0 Å². The first-order valence-corrected chi connectivity index (χ1v) is 10.0. The molecule has 0 bridgehead atoms. The summed E-state index contributed by atoms with van der Waals surface area (Å²) in [4.78, 5) is 37.3. The summed E-state index contributed by atoms with van der Waals surface area (Å²) in [7, 11) is 1.26. The average Bonchev–Trinajstić information content (AvgIpc) is 2.80. The number of esters is 1. The SMILES string of the molecule is C=CCC[C@@H](NC(=O)[C@H](Cc1ccccc1)NC(=O)OCc1ccccc1)C(=O)OC. The van der Waals surface area contributed by atoms with Gasteiger partial charge >= 0.3 is 12.1 Å². The van der Waals surface area contributed by atoms with Crippen molar-refractivity contribution in [3.8, 4) is 0 Å². The summed E-state index contributed by atoms with van der Waals surface area (Å²) in [6, 6.07) is 16.7. The molecule has 7 nitrogen and oxygen atoms in total. The quantitative estimate of drug-likeness (QED) is 0.427. The summed E-state index contributed by atoms with van der Waals surface area (Å²) < 4.78 is 10.0. The minimum absolute atomic E-state index is 0.0798. The van der Waals surface area contributed by atoms with Crippen LogP contribution in [0.15, 0.2) is 73.3 Å². The van der Waals surface area contributed by atoms with Crippen LogP contribution in [0.3, 0.4) is 0 Å². The number of alkyl carbamates (subject to hydrolysis) is 1. The molecule has 2 amide bonds. The molecule has 2 atom stereocenters. The number of carbonyl (C=O) groups is 3. The monoisotopic (exact) mass is 424 g/mol. The van der Waals surface area contributed by atoms with Gasteiger partial charge < -0.3 is 20.1 Å². The van der Waals surface area contributed by atoms with E-state index in [0.717, 1.165) is 11.1 Å². The van der Waals surface area contributed by atoms with Crippen LogP contribution in [-0.4, -0.2) is 37.2 Å². The van der Waals surface area contributed by atoms with Gasteiger partial charge in [-0.2, -0.15) is 0 Å². The lowest BCUT2D eigenvalue weighted by molar-refractivity contribution is -0.145.